The van der Waals surface area contributed by atoms with E-state index >= 15 is 0 Å². The summed E-state index contributed by atoms with van der Waals surface area (Å²) in [5, 5.41) is 4.96. The maximum absolute atomic E-state index is 10.0. The fourth-order valence-corrected chi connectivity index (χ4v) is 2.43. The number of hydrazone groups is 1. The van der Waals surface area contributed by atoms with E-state index in [0.717, 1.165) is 31.2 Å². The summed E-state index contributed by atoms with van der Waals surface area (Å²) in [6.45, 7) is 3.44. The van der Waals surface area contributed by atoms with Crippen molar-refractivity contribution in [1.82, 2.24) is 5.43 Å². The lowest BCUT2D eigenvalue weighted by Crippen LogP contribution is -2.35. The average Bonchev–Trinajstić information content (AvgIpc) is 2.79. The van der Waals surface area contributed by atoms with Crippen LogP contribution in [0.15, 0.2) is 17.2 Å². The van der Waals surface area contributed by atoms with Crippen molar-refractivity contribution in [2.24, 2.45) is 5.10 Å². The normalized spacial score (nSPS) is 16.6. The molecule has 0 bridgehead atoms. The Morgan fingerprint density at radius 1 is 1.44 bits per heavy atom. The summed E-state index contributed by atoms with van der Waals surface area (Å²) in [5.74, 6) is 0. The highest BCUT2D eigenvalue weighted by molar-refractivity contribution is 7.17. The smallest absolute Gasteiger partial charge is 0.227 e. The van der Waals surface area contributed by atoms with E-state index in [0.29, 0.717) is 6.41 Å². The molecule has 0 saturated carbocycles. The SMILES string of the molecule is O=CN/N=C/c1ccc(N2CCOCC2)s1. The molecule has 0 spiro atoms. The molecule has 0 aliphatic carbocycles. The lowest BCUT2D eigenvalue weighted by molar-refractivity contribution is -0.109. The second-order valence-corrected chi connectivity index (χ2v) is 4.37. The van der Waals surface area contributed by atoms with Crippen molar-refractivity contribution < 1.29 is 9.53 Å². The maximum Gasteiger partial charge on any atom is 0.227 e. The average molecular weight is 239 g/mol. The highest BCUT2D eigenvalue weighted by Gasteiger charge is 2.12. The molecule has 2 rings (SSSR count). The first-order valence-corrected chi connectivity index (χ1v) is 5.86. The molecule has 1 N–H and O–H groups in total. The third kappa shape index (κ3) is 2.80. The predicted octanol–water partition coefficient (Wildman–Crippen LogP) is 0.665. The van der Waals surface area contributed by atoms with E-state index in [2.05, 4.69) is 21.5 Å². The van der Waals surface area contributed by atoms with Gasteiger partial charge in [-0.2, -0.15) is 5.10 Å². The summed E-state index contributed by atoms with van der Waals surface area (Å²) in [7, 11) is 0. The van der Waals surface area contributed by atoms with E-state index in [9.17, 15) is 4.79 Å². The number of hydrogen-bond acceptors (Lipinski definition) is 5. The van der Waals surface area contributed by atoms with Crippen molar-refractivity contribution in [1.29, 1.82) is 0 Å². The summed E-state index contributed by atoms with van der Waals surface area (Å²) in [5.41, 5.74) is 2.25. The molecule has 2 heterocycles. The number of morpholine rings is 1. The molecule has 16 heavy (non-hydrogen) atoms. The Labute approximate surface area is 97.7 Å². The molecular formula is C10H13N3O2S. The number of nitrogens with one attached hydrogen (secondary N) is 1. The predicted molar refractivity (Wildman–Crippen MR) is 64.1 cm³/mol. The molecule has 1 aliphatic heterocycles. The van der Waals surface area contributed by atoms with Gasteiger partial charge in [0.25, 0.3) is 0 Å². The molecule has 1 aromatic heterocycles. The van der Waals surface area contributed by atoms with Crippen LogP contribution in [0.25, 0.3) is 0 Å². The first kappa shape index (κ1) is 11.1. The maximum atomic E-state index is 10.0. The van der Waals surface area contributed by atoms with Crippen molar-refractivity contribution in [2.75, 3.05) is 31.2 Å². The van der Waals surface area contributed by atoms with Crippen molar-refractivity contribution in [3.05, 3.63) is 17.0 Å². The first-order valence-electron chi connectivity index (χ1n) is 5.05. The van der Waals surface area contributed by atoms with Gasteiger partial charge in [-0.3, -0.25) is 4.79 Å². The van der Waals surface area contributed by atoms with Crippen LogP contribution in [-0.4, -0.2) is 38.9 Å². The van der Waals surface area contributed by atoms with E-state index < -0.39 is 0 Å². The van der Waals surface area contributed by atoms with Gasteiger partial charge in [0.1, 0.15) is 0 Å². The van der Waals surface area contributed by atoms with Gasteiger partial charge >= 0.3 is 0 Å². The second kappa shape index (κ2) is 5.62. The number of carbonyl (C=O) groups is 1. The van der Waals surface area contributed by atoms with E-state index in [1.807, 2.05) is 6.07 Å². The molecule has 0 unspecified atom stereocenters. The monoisotopic (exact) mass is 239 g/mol. The van der Waals surface area contributed by atoms with Gasteiger partial charge in [0, 0.05) is 18.0 Å². The quantitative estimate of drug-likeness (QED) is 0.477. The Morgan fingerprint density at radius 2 is 2.25 bits per heavy atom. The molecule has 1 saturated heterocycles. The fourth-order valence-electron chi connectivity index (χ4n) is 1.50. The lowest BCUT2D eigenvalue weighted by Gasteiger charge is -2.27. The number of amides is 1. The van der Waals surface area contributed by atoms with E-state index in [1.165, 1.54) is 5.00 Å². The van der Waals surface area contributed by atoms with Gasteiger partial charge in [-0.05, 0) is 12.1 Å². The third-order valence-corrected chi connectivity index (χ3v) is 3.33. The van der Waals surface area contributed by atoms with Gasteiger partial charge in [0.2, 0.25) is 6.41 Å². The second-order valence-electron chi connectivity index (χ2n) is 3.28. The van der Waals surface area contributed by atoms with Crippen LogP contribution in [0.3, 0.4) is 0 Å². The molecule has 6 heteroatoms. The molecular weight excluding hydrogens is 226 g/mol. The van der Waals surface area contributed by atoms with E-state index in [4.69, 9.17) is 4.74 Å². The molecule has 1 amide bonds. The molecule has 86 valence electrons. The molecule has 0 atom stereocenters. The summed E-state index contributed by atoms with van der Waals surface area (Å²) in [6.07, 6.45) is 2.19. The molecule has 1 aromatic rings. The standard InChI is InChI=1S/C10H13N3O2S/c14-8-12-11-7-9-1-2-10(16-9)13-3-5-15-6-4-13/h1-2,7-8H,3-6H2,(H,12,14)/b11-7+. The number of anilines is 1. The highest BCUT2D eigenvalue weighted by atomic mass is 32.1. The van der Waals surface area contributed by atoms with E-state index in [1.54, 1.807) is 17.6 Å². The van der Waals surface area contributed by atoms with Gasteiger partial charge in [0.15, 0.2) is 0 Å². The van der Waals surface area contributed by atoms with E-state index in [-0.39, 0.29) is 0 Å². The van der Waals surface area contributed by atoms with Gasteiger partial charge in [-0.1, -0.05) is 0 Å². The molecule has 1 aliphatic rings. The fraction of sp³-hybridized carbons (Fsp3) is 0.400. The van der Waals surface area contributed by atoms with Gasteiger partial charge in [-0.25, -0.2) is 5.43 Å². The first-order chi connectivity index (χ1) is 7.90. The molecule has 5 nitrogen and oxygen atoms in total. The van der Waals surface area contributed by atoms with Crippen molar-refractivity contribution in [2.45, 2.75) is 0 Å². The van der Waals surface area contributed by atoms with Gasteiger partial charge < -0.3 is 9.64 Å². The molecule has 1 fully saturated rings. The van der Waals surface area contributed by atoms with Crippen LogP contribution in [0, 0.1) is 0 Å². The van der Waals surface area contributed by atoms with Gasteiger partial charge in [0.05, 0.1) is 24.4 Å². The number of nitrogens with zero attached hydrogens (tertiary/aromatic N) is 2. The number of rotatable bonds is 4. The topological polar surface area (TPSA) is 53.9 Å². The van der Waals surface area contributed by atoms with Crippen LogP contribution >= 0.6 is 11.3 Å². The molecule has 0 radical (unpaired) electrons. The summed E-state index contributed by atoms with van der Waals surface area (Å²) in [6, 6.07) is 4.06. The zero-order valence-corrected chi connectivity index (χ0v) is 9.57. The lowest BCUT2D eigenvalue weighted by atomic mass is 10.4. The summed E-state index contributed by atoms with van der Waals surface area (Å²) in [4.78, 5) is 13.3. The Kier molecular flexibility index (Phi) is 3.90. The number of thiophene rings is 1. The number of hydrogen-bond donors (Lipinski definition) is 1. The van der Waals surface area contributed by atoms with Crippen LogP contribution in [0.2, 0.25) is 0 Å². The Bertz CT molecular complexity index is 372. The summed E-state index contributed by atoms with van der Waals surface area (Å²) < 4.78 is 5.30. The zero-order chi connectivity index (χ0) is 11.2. The number of carbonyl (C=O) groups excluding carboxylic acids is 1. The minimum absolute atomic E-state index is 0.549. The molecule has 0 aromatic carbocycles. The highest BCUT2D eigenvalue weighted by Crippen LogP contribution is 2.25. The van der Waals surface area contributed by atoms with Gasteiger partial charge in [-0.15, -0.1) is 11.3 Å². The Balaban J connectivity index is 1.98. The minimum atomic E-state index is 0.549. The zero-order valence-electron chi connectivity index (χ0n) is 8.76. The van der Waals surface area contributed by atoms with Crippen LogP contribution in [-0.2, 0) is 9.53 Å². The van der Waals surface area contributed by atoms with Crippen LogP contribution in [0.1, 0.15) is 4.88 Å². The summed E-state index contributed by atoms with van der Waals surface area (Å²) >= 11 is 1.65. The van der Waals surface area contributed by atoms with Crippen molar-refractivity contribution in [3.63, 3.8) is 0 Å². The Hall–Kier alpha value is -1.40. The minimum Gasteiger partial charge on any atom is -0.378 e. The van der Waals surface area contributed by atoms with Crippen LogP contribution < -0.4 is 10.3 Å². The largest absolute Gasteiger partial charge is 0.378 e. The van der Waals surface area contributed by atoms with Crippen LogP contribution in [0.5, 0.6) is 0 Å². The Morgan fingerprint density at radius 3 is 3.00 bits per heavy atom. The van der Waals surface area contributed by atoms with Crippen molar-refractivity contribution in [3.8, 4) is 0 Å². The van der Waals surface area contributed by atoms with Crippen LogP contribution in [0.4, 0.5) is 5.00 Å². The van der Waals surface area contributed by atoms with Crippen molar-refractivity contribution >= 4 is 29.0 Å². The number of ether oxygens (including phenoxy) is 1. The third-order valence-electron chi connectivity index (χ3n) is 2.25.